The summed E-state index contributed by atoms with van der Waals surface area (Å²) in [5.74, 6) is 0.313. The topological polar surface area (TPSA) is 25.2 Å². The molecule has 2 heteroatoms. The molecule has 10 rings (SSSR count). The first-order valence-corrected chi connectivity index (χ1v) is 18.0. The van der Waals surface area contributed by atoms with E-state index in [1.807, 2.05) is 12.4 Å². The molecule has 7 aromatic carbocycles. The summed E-state index contributed by atoms with van der Waals surface area (Å²) < 4.78 is 0. The van der Waals surface area contributed by atoms with Gasteiger partial charge < -0.3 is 0 Å². The van der Waals surface area contributed by atoms with Gasteiger partial charge in [-0.2, -0.15) is 0 Å². The Bertz CT molecular complexity index is 2710. The fraction of sp³-hybridized carbons (Fsp3) is 0.0400. The highest BCUT2D eigenvalue weighted by Crippen LogP contribution is 2.50. The fourth-order valence-electron chi connectivity index (χ4n) is 7.89. The van der Waals surface area contributed by atoms with Gasteiger partial charge in [0.1, 0.15) is 0 Å². The van der Waals surface area contributed by atoms with Gasteiger partial charge >= 0.3 is 0 Å². The fourth-order valence-corrected chi connectivity index (χ4v) is 7.89. The van der Waals surface area contributed by atoms with E-state index in [9.17, 15) is 0 Å². The molecule has 0 N–H and O–H groups in total. The van der Waals surface area contributed by atoms with Crippen LogP contribution in [-0.2, 0) is 0 Å². The van der Waals surface area contributed by atoms with E-state index in [2.05, 4.69) is 181 Å². The van der Waals surface area contributed by atoms with Gasteiger partial charge in [0.15, 0.2) is 0 Å². The number of rotatable bonds is 6. The summed E-state index contributed by atoms with van der Waals surface area (Å²) in [4.78, 5) is 10.1. The molecule has 52 heavy (non-hydrogen) atoms. The molecule has 1 fully saturated rings. The smallest absolute Gasteiger partial charge is 0.0718 e. The quantitative estimate of drug-likeness (QED) is 0.174. The van der Waals surface area contributed by atoms with Crippen molar-refractivity contribution in [3.05, 3.63) is 211 Å². The second-order valence-electron chi connectivity index (χ2n) is 13.7. The van der Waals surface area contributed by atoms with Crippen LogP contribution in [0.3, 0.4) is 0 Å². The highest BCUT2D eigenvalue weighted by atomic mass is 14.8. The van der Waals surface area contributed by atoms with Crippen LogP contribution in [-0.4, -0.2) is 10.7 Å². The van der Waals surface area contributed by atoms with Gasteiger partial charge in [0.05, 0.1) is 11.4 Å². The normalized spacial score (nSPS) is 15.2. The van der Waals surface area contributed by atoms with Gasteiger partial charge in [0.2, 0.25) is 0 Å². The molecule has 2 nitrogen and oxygen atoms in total. The third-order valence-corrected chi connectivity index (χ3v) is 10.6. The van der Waals surface area contributed by atoms with Gasteiger partial charge in [-0.15, -0.1) is 0 Å². The Morgan fingerprint density at radius 1 is 0.404 bits per heavy atom. The molecule has 0 amide bonds. The molecule has 1 atom stereocenters. The number of benzene rings is 7. The van der Waals surface area contributed by atoms with Crippen LogP contribution in [0.25, 0.3) is 66.2 Å². The van der Waals surface area contributed by atoms with Crippen LogP contribution in [0.1, 0.15) is 23.1 Å². The van der Waals surface area contributed by atoms with Crippen LogP contribution in [0, 0.1) is 5.92 Å². The lowest BCUT2D eigenvalue weighted by Crippen LogP contribution is -2.04. The molecule has 1 aliphatic heterocycles. The standard InChI is InChI=1S/C50H34N2/c1-3-11-33(12-4-1)34-19-25-38(26-20-34)50-47-29-46(47)45(35-13-5-2-6-14-35)30-49(52-50)44-28-27-41(42-17-9-10-18-43(42)44)36-21-23-37(24-22-36)48-32-51-31-39-15-7-8-16-40(39)48/h1-28,30-32,47H,29H2. The highest BCUT2D eigenvalue weighted by Gasteiger charge is 2.39. The number of pyridine rings is 1. The Morgan fingerprint density at radius 3 is 1.67 bits per heavy atom. The zero-order valence-electron chi connectivity index (χ0n) is 28.6. The summed E-state index contributed by atoms with van der Waals surface area (Å²) in [6.45, 7) is 0. The minimum Gasteiger partial charge on any atom is -0.263 e. The van der Waals surface area contributed by atoms with E-state index in [4.69, 9.17) is 4.99 Å². The van der Waals surface area contributed by atoms with Crippen LogP contribution in [0.5, 0.6) is 0 Å². The number of nitrogens with zero attached hydrogens (tertiary/aromatic N) is 2. The van der Waals surface area contributed by atoms with Crippen LogP contribution in [0.2, 0.25) is 0 Å². The lowest BCUT2D eigenvalue weighted by molar-refractivity contribution is 1.22. The molecule has 1 unspecified atom stereocenters. The number of aliphatic imine (C=N–C) groups is 1. The monoisotopic (exact) mass is 662 g/mol. The van der Waals surface area contributed by atoms with E-state index in [1.165, 1.54) is 60.7 Å². The Labute approximate surface area is 303 Å². The Balaban J connectivity index is 1.08. The van der Waals surface area contributed by atoms with Gasteiger partial charge in [-0.1, -0.05) is 175 Å². The van der Waals surface area contributed by atoms with Crippen molar-refractivity contribution in [2.45, 2.75) is 6.42 Å². The lowest BCUT2D eigenvalue weighted by atomic mass is 9.92. The van der Waals surface area contributed by atoms with E-state index >= 15 is 0 Å². The maximum atomic E-state index is 5.57. The molecular formula is C50H34N2. The summed E-state index contributed by atoms with van der Waals surface area (Å²) in [6.07, 6.45) is 7.28. The molecule has 244 valence electrons. The molecule has 0 spiro atoms. The summed E-state index contributed by atoms with van der Waals surface area (Å²) in [6, 6.07) is 61.1. The average Bonchev–Trinajstić information content (AvgIpc) is 4.03. The van der Waals surface area contributed by atoms with Crippen LogP contribution in [0.4, 0.5) is 0 Å². The van der Waals surface area contributed by atoms with E-state index in [-0.39, 0.29) is 0 Å². The number of allylic oxidation sites excluding steroid dienone is 3. The minimum atomic E-state index is 0.313. The SMILES string of the molecule is C1=C(c2ccc(-c3ccc(-c4cncc5ccccc45)cc3)c3ccccc23)N=C(c2ccc(-c3ccccc3)cc2)C2CC2=C1c1ccccc1. The van der Waals surface area contributed by atoms with Crippen LogP contribution in [0.15, 0.2) is 199 Å². The van der Waals surface area contributed by atoms with Crippen molar-refractivity contribution >= 4 is 38.5 Å². The van der Waals surface area contributed by atoms with Gasteiger partial charge in [-0.25, -0.2) is 0 Å². The highest BCUT2D eigenvalue weighted by molar-refractivity contribution is 6.14. The molecule has 0 radical (unpaired) electrons. The molecule has 1 aromatic heterocycles. The average molecular weight is 663 g/mol. The Kier molecular flexibility index (Phi) is 7.32. The predicted octanol–water partition coefficient (Wildman–Crippen LogP) is 12.7. The van der Waals surface area contributed by atoms with Crippen LogP contribution < -0.4 is 0 Å². The molecular weight excluding hydrogens is 629 g/mol. The Morgan fingerprint density at radius 2 is 0.942 bits per heavy atom. The van der Waals surface area contributed by atoms with Crippen molar-refractivity contribution in [1.29, 1.82) is 0 Å². The molecule has 8 aromatic rings. The molecule has 0 saturated heterocycles. The van der Waals surface area contributed by atoms with Crippen molar-refractivity contribution < 1.29 is 0 Å². The van der Waals surface area contributed by atoms with E-state index in [0.717, 1.165) is 39.9 Å². The summed E-state index contributed by atoms with van der Waals surface area (Å²) in [5.41, 5.74) is 15.6. The third kappa shape index (κ3) is 5.37. The number of aromatic nitrogens is 1. The first-order chi connectivity index (χ1) is 25.8. The lowest BCUT2D eigenvalue weighted by Gasteiger charge is -2.15. The predicted molar refractivity (Wildman–Crippen MR) is 218 cm³/mol. The first-order valence-electron chi connectivity index (χ1n) is 18.0. The minimum absolute atomic E-state index is 0.313. The van der Waals surface area contributed by atoms with E-state index in [0.29, 0.717) is 5.92 Å². The molecule has 1 aliphatic carbocycles. The molecule has 1 saturated carbocycles. The van der Waals surface area contributed by atoms with E-state index in [1.54, 1.807) is 0 Å². The summed E-state index contributed by atoms with van der Waals surface area (Å²) >= 11 is 0. The number of hydrogen-bond acceptors (Lipinski definition) is 2. The van der Waals surface area contributed by atoms with Gasteiger partial charge in [-0.05, 0) is 73.2 Å². The zero-order valence-corrected chi connectivity index (χ0v) is 28.6. The van der Waals surface area contributed by atoms with Crippen LogP contribution >= 0.6 is 0 Å². The second-order valence-corrected chi connectivity index (χ2v) is 13.7. The molecule has 2 aliphatic rings. The first kappa shape index (κ1) is 30.2. The summed E-state index contributed by atoms with van der Waals surface area (Å²) in [7, 11) is 0. The third-order valence-electron chi connectivity index (χ3n) is 10.6. The maximum Gasteiger partial charge on any atom is 0.0718 e. The maximum absolute atomic E-state index is 5.57. The molecule has 0 bridgehead atoms. The van der Waals surface area contributed by atoms with Crippen molar-refractivity contribution in [3.63, 3.8) is 0 Å². The largest absolute Gasteiger partial charge is 0.263 e. The zero-order chi connectivity index (χ0) is 34.4. The van der Waals surface area contributed by atoms with Gasteiger partial charge in [0.25, 0.3) is 0 Å². The van der Waals surface area contributed by atoms with E-state index < -0.39 is 0 Å². The van der Waals surface area contributed by atoms with Gasteiger partial charge in [-0.3, -0.25) is 9.98 Å². The molecule has 2 heterocycles. The Hall–Kier alpha value is -6.64. The van der Waals surface area contributed by atoms with Crippen molar-refractivity contribution in [1.82, 2.24) is 4.98 Å². The number of fused-ring (bicyclic) bond motifs is 3. The summed E-state index contributed by atoms with van der Waals surface area (Å²) in [5, 5.41) is 4.78. The van der Waals surface area contributed by atoms with Crippen molar-refractivity contribution in [2.75, 3.05) is 0 Å². The number of hydrogen-bond donors (Lipinski definition) is 0. The van der Waals surface area contributed by atoms with Gasteiger partial charge in [0, 0.05) is 34.8 Å². The second kappa shape index (κ2) is 12.6. The van der Waals surface area contributed by atoms with Crippen molar-refractivity contribution in [2.24, 2.45) is 10.9 Å². The van der Waals surface area contributed by atoms with Crippen molar-refractivity contribution in [3.8, 4) is 33.4 Å².